The Morgan fingerprint density at radius 2 is 2.17 bits per heavy atom. The molecule has 2 aromatic heterocycles. The summed E-state index contributed by atoms with van der Waals surface area (Å²) in [5.41, 5.74) is 10.4. The summed E-state index contributed by atoms with van der Waals surface area (Å²) in [6.45, 7) is 2.02. The number of aromatic nitrogens is 2. The SMILES string of the molecule is Cc1ccncc1-c1csc(-c2ccc(CCl)c(C(N)=O)c2)n1. The Morgan fingerprint density at radius 3 is 2.87 bits per heavy atom. The number of amides is 1. The molecule has 23 heavy (non-hydrogen) atoms. The number of pyridine rings is 1. The van der Waals surface area contributed by atoms with Crippen molar-refractivity contribution in [3.8, 4) is 21.8 Å². The zero-order chi connectivity index (χ0) is 16.4. The molecule has 0 fully saturated rings. The van der Waals surface area contributed by atoms with E-state index >= 15 is 0 Å². The lowest BCUT2D eigenvalue weighted by Gasteiger charge is -2.05. The zero-order valence-electron chi connectivity index (χ0n) is 12.4. The molecule has 0 bridgehead atoms. The van der Waals surface area contributed by atoms with Gasteiger partial charge >= 0.3 is 0 Å². The number of nitrogens with zero attached hydrogens (tertiary/aromatic N) is 2. The van der Waals surface area contributed by atoms with Crippen molar-refractivity contribution in [2.75, 3.05) is 0 Å². The molecule has 0 unspecified atom stereocenters. The lowest BCUT2D eigenvalue weighted by Crippen LogP contribution is -2.13. The van der Waals surface area contributed by atoms with Gasteiger partial charge in [0.05, 0.1) is 5.69 Å². The third-order valence-corrected chi connectivity index (χ3v) is 4.76. The van der Waals surface area contributed by atoms with Crippen molar-refractivity contribution in [3.63, 3.8) is 0 Å². The molecule has 0 radical (unpaired) electrons. The second-order valence-corrected chi connectivity index (χ2v) is 6.22. The van der Waals surface area contributed by atoms with Gasteiger partial charge < -0.3 is 5.73 Å². The topological polar surface area (TPSA) is 68.9 Å². The van der Waals surface area contributed by atoms with Crippen molar-refractivity contribution in [1.29, 1.82) is 0 Å². The maximum Gasteiger partial charge on any atom is 0.249 e. The van der Waals surface area contributed by atoms with E-state index in [1.807, 2.05) is 30.5 Å². The minimum Gasteiger partial charge on any atom is -0.366 e. The van der Waals surface area contributed by atoms with Crippen molar-refractivity contribution >= 4 is 28.8 Å². The van der Waals surface area contributed by atoms with E-state index in [-0.39, 0.29) is 5.88 Å². The van der Waals surface area contributed by atoms with Crippen LogP contribution in [0.4, 0.5) is 0 Å². The number of alkyl halides is 1. The molecule has 2 N–H and O–H groups in total. The van der Waals surface area contributed by atoms with Gasteiger partial charge in [0.25, 0.3) is 0 Å². The second kappa shape index (κ2) is 6.48. The molecule has 116 valence electrons. The molecular formula is C17H14ClN3OS. The largest absolute Gasteiger partial charge is 0.366 e. The first-order chi connectivity index (χ1) is 11.1. The molecule has 3 aromatic rings. The Morgan fingerprint density at radius 1 is 1.35 bits per heavy atom. The highest BCUT2D eigenvalue weighted by molar-refractivity contribution is 7.13. The fraction of sp³-hybridized carbons (Fsp3) is 0.118. The van der Waals surface area contributed by atoms with Crippen molar-refractivity contribution in [1.82, 2.24) is 9.97 Å². The fourth-order valence-corrected chi connectivity index (χ4v) is 3.37. The highest BCUT2D eigenvalue weighted by Crippen LogP contribution is 2.31. The van der Waals surface area contributed by atoms with E-state index in [0.29, 0.717) is 5.56 Å². The summed E-state index contributed by atoms with van der Waals surface area (Å²) in [7, 11) is 0. The van der Waals surface area contributed by atoms with Crippen molar-refractivity contribution in [2.45, 2.75) is 12.8 Å². The first-order valence-corrected chi connectivity index (χ1v) is 8.37. The molecule has 0 aliphatic carbocycles. The summed E-state index contributed by atoms with van der Waals surface area (Å²) in [5.74, 6) is -0.237. The monoisotopic (exact) mass is 343 g/mol. The summed E-state index contributed by atoms with van der Waals surface area (Å²) in [4.78, 5) is 20.4. The summed E-state index contributed by atoms with van der Waals surface area (Å²) in [6.07, 6.45) is 3.57. The van der Waals surface area contributed by atoms with Crippen LogP contribution in [0.5, 0.6) is 0 Å². The summed E-state index contributed by atoms with van der Waals surface area (Å²) < 4.78 is 0. The Hall–Kier alpha value is -2.24. The van der Waals surface area contributed by atoms with Gasteiger partial charge in [0.1, 0.15) is 5.01 Å². The number of hydrogen-bond donors (Lipinski definition) is 1. The number of hydrogen-bond acceptors (Lipinski definition) is 4. The smallest absolute Gasteiger partial charge is 0.249 e. The van der Waals surface area contributed by atoms with Gasteiger partial charge in [-0.1, -0.05) is 12.1 Å². The van der Waals surface area contributed by atoms with Gasteiger partial charge in [-0.25, -0.2) is 4.98 Å². The normalized spacial score (nSPS) is 10.7. The van der Waals surface area contributed by atoms with Crippen LogP contribution in [0, 0.1) is 6.92 Å². The number of carbonyl (C=O) groups excluding carboxylic acids is 1. The van der Waals surface area contributed by atoms with Crippen molar-refractivity contribution in [2.24, 2.45) is 5.73 Å². The molecule has 4 nitrogen and oxygen atoms in total. The molecule has 2 heterocycles. The molecule has 0 saturated carbocycles. The lowest BCUT2D eigenvalue weighted by molar-refractivity contribution is 0.0999. The van der Waals surface area contributed by atoms with Crippen molar-refractivity contribution < 1.29 is 4.79 Å². The Bertz CT molecular complexity index is 876. The number of primary amides is 1. The van der Waals surface area contributed by atoms with Crippen LogP contribution >= 0.6 is 22.9 Å². The quantitative estimate of drug-likeness (QED) is 0.727. The number of benzene rings is 1. The summed E-state index contributed by atoms with van der Waals surface area (Å²) >= 11 is 7.36. The molecular weight excluding hydrogens is 330 g/mol. The number of thiazole rings is 1. The first-order valence-electron chi connectivity index (χ1n) is 6.95. The third-order valence-electron chi connectivity index (χ3n) is 3.59. The highest BCUT2D eigenvalue weighted by atomic mass is 35.5. The average Bonchev–Trinajstić information content (AvgIpc) is 3.04. The summed E-state index contributed by atoms with van der Waals surface area (Å²) in [5, 5.41) is 2.81. The van der Waals surface area contributed by atoms with Crippen LogP contribution in [0.15, 0.2) is 42.0 Å². The van der Waals surface area contributed by atoms with Crippen LogP contribution in [-0.4, -0.2) is 15.9 Å². The van der Waals surface area contributed by atoms with Crippen LogP contribution in [0.3, 0.4) is 0 Å². The van der Waals surface area contributed by atoms with Gasteiger partial charge in [-0.05, 0) is 30.2 Å². The maximum absolute atomic E-state index is 11.6. The number of carbonyl (C=O) groups is 1. The van der Waals surface area contributed by atoms with Gasteiger partial charge in [-0.15, -0.1) is 22.9 Å². The van der Waals surface area contributed by atoms with E-state index in [0.717, 1.165) is 33.0 Å². The maximum atomic E-state index is 11.6. The van der Waals surface area contributed by atoms with Gasteiger partial charge in [-0.2, -0.15) is 0 Å². The summed E-state index contributed by atoms with van der Waals surface area (Å²) in [6, 6.07) is 7.43. The van der Waals surface area contributed by atoms with Crippen molar-refractivity contribution in [3.05, 3.63) is 58.7 Å². The standard InChI is InChI=1S/C17H14ClN3OS/c1-10-4-5-20-8-14(10)15-9-23-17(21-15)11-2-3-12(7-18)13(6-11)16(19)22/h2-6,8-9H,7H2,1H3,(H2,19,22). The Balaban J connectivity index is 2.02. The minimum absolute atomic E-state index is 0.247. The molecule has 0 aliphatic heterocycles. The molecule has 0 aliphatic rings. The third kappa shape index (κ3) is 3.11. The van der Waals surface area contributed by atoms with E-state index in [1.54, 1.807) is 18.5 Å². The predicted molar refractivity (Wildman–Crippen MR) is 93.6 cm³/mol. The van der Waals surface area contributed by atoms with Crippen LogP contribution in [0.1, 0.15) is 21.5 Å². The first kappa shape index (κ1) is 15.6. The lowest BCUT2D eigenvalue weighted by atomic mass is 10.0. The molecule has 1 aromatic carbocycles. The van der Waals surface area contributed by atoms with E-state index < -0.39 is 5.91 Å². The number of aryl methyl sites for hydroxylation is 1. The predicted octanol–water partition coefficient (Wildman–Crippen LogP) is 4.02. The second-order valence-electron chi connectivity index (χ2n) is 5.10. The van der Waals surface area contributed by atoms with Gasteiger partial charge in [-0.3, -0.25) is 9.78 Å². The molecule has 1 amide bonds. The van der Waals surface area contributed by atoms with Crippen LogP contribution < -0.4 is 5.73 Å². The van der Waals surface area contributed by atoms with Gasteiger partial charge in [0.15, 0.2) is 0 Å². The van der Waals surface area contributed by atoms with E-state index in [2.05, 4.69) is 9.97 Å². The molecule has 3 rings (SSSR count). The molecule has 0 saturated heterocycles. The van der Waals surface area contributed by atoms with Gasteiger partial charge in [0.2, 0.25) is 5.91 Å². The number of halogens is 1. The Labute approximate surface area is 143 Å². The van der Waals surface area contributed by atoms with Gasteiger partial charge in [0, 0.05) is 40.3 Å². The zero-order valence-corrected chi connectivity index (χ0v) is 14.0. The van der Waals surface area contributed by atoms with E-state index in [1.165, 1.54) is 11.3 Å². The minimum atomic E-state index is -0.484. The van der Waals surface area contributed by atoms with Crippen LogP contribution in [0.2, 0.25) is 0 Å². The van der Waals surface area contributed by atoms with E-state index in [9.17, 15) is 4.79 Å². The van der Waals surface area contributed by atoms with Crippen LogP contribution in [-0.2, 0) is 5.88 Å². The molecule has 0 atom stereocenters. The highest BCUT2D eigenvalue weighted by Gasteiger charge is 2.13. The number of nitrogens with two attached hydrogens (primary N) is 1. The molecule has 6 heteroatoms. The molecule has 0 spiro atoms. The number of rotatable bonds is 4. The van der Waals surface area contributed by atoms with E-state index in [4.69, 9.17) is 17.3 Å². The van der Waals surface area contributed by atoms with Crippen LogP contribution in [0.25, 0.3) is 21.8 Å². The Kier molecular flexibility index (Phi) is 4.41. The average molecular weight is 344 g/mol. The fourth-order valence-electron chi connectivity index (χ4n) is 2.32.